The average molecular weight is 361 g/mol. The van der Waals surface area contributed by atoms with Gasteiger partial charge in [-0.3, -0.25) is 4.79 Å². The highest BCUT2D eigenvalue weighted by molar-refractivity contribution is 6.33. The van der Waals surface area contributed by atoms with Crippen molar-refractivity contribution in [1.82, 2.24) is 5.43 Å². The number of carbonyl (C=O) groups excluding carboxylic acids is 2. The quantitative estimate of drug-likeness (QED) is 0.488. The molecule has 7 heteroatoms. The smallest absolute Gasteiger partial charge is 0.343 e. The number of ether oxygens (including phenoxy) is 2. The molecule has 2 rings (SSSR count). The number of carbonyl (C=O) groups is 2. The third-order valence-corrected chi connectivity index (χ3v) is 3.53. The van der Waals surface area contributed by atoms with Crippen molar-refractivity contribution in [3.63, 3.8) is 0 Å². The molecule has 0 heterocycles. The van der Waals surface area contributed by atoms with Gasteiger partial charge < -0.3 is 9.47 Å². The van der Waals surface area contributed by atoms with Gasteiger partial charge in [0.2, 0.25) is 0 Å². The van der Waals surface area contributed by atoms with Crippen LogP contribution in [0, 0.1) is 6.92 Å². The van der Waals surface area contributed by atoms with Crippen molar-refractivity contribution in [2.24, 2.45) is 5.10 Å². The predicted molar refractivity (Wildman–Crippen MR) is 95.2 cm³/mol. The zero-order valence-corrected chi connectivity index (χ0v) is 14.5. The molecule has 0 saturated carbocycles. The van der Waals surface area contributed by atoms with E-state index in [1.165, 1.54) is 13.3 Å². The minimum absolute atomic E-state index is 0.155. The van der Waals surface area contributed by atoms with Crippen LogP contribution in [-0.2, 0) is 9.53 Å². The SMILES string of the molecule is COC(=O)COc1ccc(/C=N\NC(=O)c2ccc(C)cc2Cl)cc1. The molecule has 0 aliphatic rings. The molecule has 0 spiro atoms. The third kappa shape index (κ3) is 5.61. The Bertz CT molecular complexity index is 788. The van der Waals surface area contributed by atoms with Crippen molar-refractivity contribution >= 4 is 29.7 Å². The fourth-order valence-corrected chi connectivity index (χ4v) is 2.20. The molecule has 130 valence electrons. The van der Waals surface area contributed by atoms with Crippen LogP contribution in [-0.4, -0.2) is 31.8 Å². The zero-order valence-electron chi connectivity index (χ0n) is 13.8. The Labute approximate surface area is 150 Å². The number of hydrogen-bond acceptors (Lipinski definition) is 5. The van der Waals surface area contributed by atoms with Gasteiger partial charge in [-0.1, -0.05) is 17.7 Å². The fourth-order valence-electron chi connectivity index (χ4n) is 1.88. The summed E-state index contributed by atoms with van der Waals surface area (Å²) in [5, 5.41) is 4.28. The van der Waals surface area contributed by atoms with Crippen molar-refractivity contribution in [1.29, 1.82) is 0 Å². The van der Waals surface area contributed by atoms with Gasteiger partial charge >= 0.3 is 5.97 Å². The number of rotatable bonds is 6. The van der Waals surface area contributed by atoms with E-state index >= 15 is 0 Å². The molecule has 0 saturated heterocycles. The number of methoxy groups -OCH3 is 1. The molecule has 25 heavy (non-hydrogen) atoms. The van der Waals surface area contributed by atoms with E-state index in [1.807, 2.05) is 6.92 Å². The Hall–Kier alpha value is -2.86. The van der Waals surface area contributed by atoms with E-state index in [0.29, 0.717) is 16.3 Å². The number of amides is 1. The number of hydrazone groups is 1. The highest BCUT2D eigenvalue weighted by Crippen LogP contribution is 2.17. The lowest BCUT2D eigenvalue weighted by atomic mass is 10.1. The lowest BCUT2D eigenvalue weighted by Gasteiger charge is -2.05. The number of benzene rings is 2. The maximum atomic E-state index is 12.0. The lowest BCUT2D eigenvalue weighted by Crippen LogP contribution is -2.18. The molecule has 1 N–H and O–H groups in total. The van der Waals surface area contributed by atoms with Crippen LogP contribution in [0.25, 0.3) is 0 Å². The maximum Gasteiger partial charge on any atom is 0.343 e. The summed E-state index contributed by atoms with van der Waals surface area (Å²) in [4.78, 5) is 23.0. The minimum Gasteiger partial charge on any atom is -0.482 e. The van der Waals surface area contributed by atoms with E-state index < -0.39 is 5.97 Å². The van der Waals surface area contributed by atoms with Crippen molar-refractivity contribution in [2.75, 3.05) is 13.7 Å². The monoisotopic (exact) mass is 360 g/mol. The summed E-state index contributed by atoms with van der Waals surface area (Å²) in [6.07, 6.45) is 1.49. The van der Waals surface area contributed by atoms with Gasteiger partial charge in [-0.05, 0) is 54.4 Å². The number of esters is 1. The van der Waals surface area contributed by atoms with Gasteiger partial charge in [0.05, 0.1) is 23.9 Å². The number of nitrogens with one attached hydrogen (secondary N) is 1. The highest BCUT2D eigenvalue weighted by Gasteiger charge is 2.09. The van der Waals surface area contributed by atoms with Gasteiger partial charge in [0.25, 0.3) is 5.91 Å². The Morgan fingerprint density at radius 3 is 2.56 bits per heavy atom. The molecule has 0 atom stereocenters. The van der Waals surface area contributed by atoms with Gasteiger partial charge in [-0.2, -0.15) is 5.10 Å². The van der Waals surface area contributed by atoms with Gasteiger partial charge in [-0.15, -0.1) is 0 Å². The summed E-state index contributed by atoms with van der Waals surface area (Å²) in [6.45, 7) is 1.74. The predicted octanol–water partition coefficient (Wildman–Crippen LogP) is 2.96. The van der Waals surface area contributed by atoms with E-state index in [-0.39, 0.29) is 12.5 Å². The summed E-state index contributed by atoms with van der Waals surface area (Å²) in [5.41, 5.74) is 4.50. The van der Waals surface area contributed by atoms with Crippen LogP contribution in [0.4, 0.5) is 0 Å². The average Bonchev–Trinajstić information content (AvgIpc) is 2.60. The Kier molecular flexibility index (Phi) is 6.54. The first-order chi connectivity index (χ1) is 12.0. The summed E-state index contributed by atoms with van der Waals surface area (Å²) >= 11 is 6.04. The van der Waals surface area contributed by atoms with Gasteiger partial charge in [-0.25, -0.2) is 10.2 Å². The topological polar surface area (TPSA) is 77.0 Å². The molecule has 0 radical (unpaired) electrons. The number of halogens is 1. The molecular weight excluding hydrogens is 344 g/mol. The first-order valence-electron chi connectivity index (χ1n) is 7.39. The molecule has 0 unspecified atom stereocenters. The second-order valence-electron chi connectivity index (χ2n) is 5.12. The molecule has 6 nitrogen and oxygen atoms in total. The third-order valence-electron chi connectivity index (χ3n) is 3.21. The van der Waals surface area contributed by atoms with E-state index in [1.54, 1.807) is 42.5 Å². The van der Waals surface area contributed by atoms with Gasteiger partial charge in [0, 0.05) is 0 Å². The van der Waals surface area contributed by atoms with Crippen molar-refractivity contribution in [3.05, 3.63) is 64.2 Å². The van der Waals surface area contributed by atoms with Gasteiger partial charge in [0.15, 0.2) is 6.61 Å². The molecule has 0 aliphatic heterocycles. The molecular formula is C18H17ClN2O4. The van der Waals surface area contributed by atoms with E-state index in [2.05, 4.69) is 15.3 Å². The van der Waals surface area contributed by atoms with Crippen LogP contribution in [0.5, 0.6) is 5.75 Å². The second kappa shape index (κ2) is 8.84. The molecule has 0 bridgehead atoms. The van der Waals surface area contributed by atoms with Gasteiger partial charge in [0.1, 0.15) is 5.75 Å². The first kappa shape index (κ1) is 18.5. The highest BCUT2D eigenvalue weighted by atomic mass is 35.5. The van der Waals surface area contributed by atoms with Crippen LogP contribution in [0.3, 0.4) is 0 Å². The minimum atomic E-state index is -0.455. The first-order valence-corrected chi connectivity index (χ1v) is 7.76. The van der Waals surface area contributed by atoms with Crippen LogP contribution >= 0.6 is 11.6 Å². The van der Waals surface area contributed by atoms with Crippen molar-refractivity contribution < 1.29 is 19.1 Å². The number of nitrogens with zero attached hydrogens (tertiary/aromatic N) is 1. The number of aryl methyl sites for hydroxylation is 1. The van der Waals surface area contributed by atoms with E-state index in [0.717, 1.165) is 11.1 Å². The lowest BCUT2D eigenvalue weighted by molar-refractivity contribution is -0.142. The van der Waals surface area contributed by atoms with Crippen molar-refractivity contribution in [3.8, 4) is 5.75 Å². The summed E-state index contributed by atoms with van der Waals surface area (Å²) in [5.74, 6) is -0.319. The van der Waals surface area contributed by atoms with E-state index in [4.69, 9.17) is 16.3 Å². The second-order valence-corrected chi connectivity index (χ2v) is 5.52. The molecule has 0 aromatic heterocycles. The summed E-state index contributed by atoms with van der Waals surface area (Å²) in [7, 11) is 1.29. The Balaban J connectivity index is 1.91. The number of hydrogen-bond donors (Lipinski definition) is 1. The molecule has 0 aliphatic carbocycles. The van der Waals surface area contributed by atoms with Crippen LogP contribution in [0.15, 0.2) is 47.6 Å². The normalized spacial score (nSPS) is 10.5. The Morgan fingerprint density at radius 1 is 1.20 bits per heavy atom. The summed E-state index contributed by atoms with van der Waals surface area (Å²) < 4.78 is 9.72. The largest absolute Gasteiger partial charge is 0.482 e. The van der Waals surface area contributed by atoms with Crippen LogP contribution in [0.2, 0.25) is 5.02 Å². The molecule has 2 aromatic carbocycles. The maximum absolute atomic E-state index is 12.0. The summed E-state index contributed by atoms with van der Waals surface area (Å²) in [6, 6.07) is 12.0. The van der Waals surface area contributed by atoms with Crippen LogP contribution in [0.1, 0.15) is 21.5 Å². The zero-order chi connectivity index (χ0) is 18.2. The molecule has 2 aromatic rings. The van der Waals surface area contributed by atoms with Crippen LogP contribution < -0.4 is 10.2 Å². The molecule has 1 amide bonds. The van der Waals surface area contributed by atoms with E-state index in [9.17, 15) is 9.59 Å². The van der Waals surface area contributed by atoms with Crippen molar-refractivity contribution in [2.45, 2.75) is 6.92 Å². The molecule has 0 fully saturated rings. The standard InChI is InChI=1S/C18H17ClN2O4/c1-12-3-8-15(16(19)9-12)18(23)21-20-10-13-4-6-14(7-5-13)25-11-17(22)24-2/h3-10H,11H2,1-2H3,(H,21,23)/b20-10-. The fraction of sp³-hybridized carbons (Fsp3) is 0.167. The Morgan fingerprint density at radius 2 is 1.92 bits per heavy atom.